The third-order valence-electron chi connectivity index (χ3n) is 3.63. The fourth-order valence-electron chi connectivity index (χ4n) is 2.81. The molecule has 0 saturated carbocycles. The number of aliphatic hydroxyl groups excluding tert-OH is 1. The van der Waals surface area contributed by atoms with E-state index in [4.69, 9.17) is 9.47 Å². The molecule has 0 radical (unpaired) electrons. The lowest BCUT2D eigenvalue weighted by atomic mass is 9.80. The summed E-state index contributed by atoms with van der Waals surface area (Å²) in [5.74, 6) is -0.467. The van der Waals surface area contributed by atoms with Gasteiger partial charge >= 0.3 is 5.97 Å². The Bertz CT molecular complexity index is 410. The van der Waals surface area contributed by atoms with E-state index in [9.17, 15) is 18.7 Å². The van der Waals surface area contributed by atoms with Crippen molar-refractivity contribution in [2.45, 2.75) is 42.3 Å². The molecule has 2 rings (SSSR count). The zero-order chi connectivity index (χ0) is 13.6. The Morgan fingerprint density at radius 3 is 2.83 bits per heavy atom. The maximum absolute atomic E-state index is 11.2. The lowest BCUT2D eigenvalue weighted by Gasteiger charge is -2.35. The van der Waals surface area contributed by atoms with E-state index in [1.165, 1.54) is 13.0 Å². The molecule has 102 valence electrons. The normalized spacial score (nSPS) is 43.7. The van der Waals surface area contributed by atoms with Gasteiger partial charge in [0.25, 0.3) is 0 Å². The molecule has 0 aromatic carbocycles. The summed E-state index contributed by atoms with van der Waals surface area (Å²) in [5.41, 5.74) is -2.21. The topological polar surface area (TPSA) is 95.9 Å². The first-order valence-corrected chi connectivity index (χ1v) is 6.72. The first kappa shape index (κ1) is 13.7. The van der Waals surface area contributed by atoms with Crippen LogP contribution in [0.2, 0.25) is 0 Å². The highest BCUT2D eigenvalue weighted by molar-refractivity contribution is 7.79. The number of fused-ring (bicyclic) bond motifs is 2. The van der Waals surface area contributed by atoms with Gasteiger partial charge in [-0.1, -0.05) is 6.08 Å². The number of rotatable bonds is 4. The molecule has 2 heterocycles. The minimum absolute atomic E-state index is 0.0529. The Balaban J connectivity index is 2.25. The van der Waals surface area contributed by atoms with Gasteiger partial charge in [0.15, 0.2) is 0 Å². The number of carbonyl (C=O) groups excluding carboxylic acids is 1. The van der Waals surface area contributed by atoms with Crippen LogP contribution in [0, 0.1) is 0 Å². The van der Waals surface area contributed by atoms with Gasteiger partial charge < -0.3 is 19.1 Å². The fraction of sp³-hybridized carbons (Fsp3) is 0.727. The smallest absolute Gasteiger partial charge is 0.302 e. The molecule has 0 aromatic rings. The summed E-state index contributed by atoms with van der Waals surface area (Å²) in [4.78, 5) is 10.8. The van der Waals surface area contributed by atoms with Gasteiger partial charge in [-0.15, -0.1) is 6.58 Å². The van der Waals surface area contributed by atoms with E-state index in [1.807, 2.05) is 0 Å². The summed E-state index contributed by atoms with van der Waals surface area (Å²) in [7, 11) is 0. The largest absolute Gasteiger partial charge is 0.772 e. The second-order valence-corrected chi connectivity index (χ2v) is 5.89. The molecule has 18 heavy (non-hydrogen) atoms. The van der Waals surface area contributed by atoms with Gasteiger partial charge in [0.2, 0.25) is 0 Å². The van der Waals surface area contributed by atoms with Crippen molar-refractivity contribution in [2.24, 2.45) is 0 Å². The number of aliphatic hydroxyl groups is 1. The molecule has 2 aliphatic rings. The van der Waals surface area contributed by atoms with Crippen molar-refractivity contribution in [3.8, 4) is 0 Å². The van der Waals surface area contributed by atoms with Crippen LogP contribution in [-0.2, 0) is 25.3 Å². The van der Waals surface area contributed by atoms with Gasteiger partial charge in [-0.25, -0.2) is 0 Å². The number of hydrogen-bond donors (Lipinski definition) is 1. The van der Waals surface area contributed by atoms with E-state index in [0.717, 1.165) is 0 Å². The van der Waals surface area contributed by atoms with Crippen molar-refractivity contribution in [1.82, 2.24) is 0 Å². The molecular weight excluding hydrogens is 260 g/mol. The van der Waals surface area contributed by atoms with Gasteiger partial charge in [-0.3, -0.25) is 9.00 Å². The van der Waals surface area contributed by atoms with E-state index in [0.29, 0.717) is 0 Å². The third-order valence-corrected chi connectivity index (χ3v) is 4.63. The predicted octanol–water partition coefficient (Wildman–Crippen LogP) is -0.354. The average Bonchev–Trinajstić information content (AvgIpc) is 2.77. The second kappa shape index (κ2) is 4.41. The van der Waals surface area contributed by atoms with Gasteiger partial charge in [0, 0.05) is 13.3 Å². The van der Waals surface area contributed by atoms with E-state index in [2.05, 4.69) is 6.58 Å². The lowest BCUT2D eigenvalue weighted by Crippen LogP contribution is -2.49. The van der Waals surface area contributed by atoms with Crippen molar-refractivity contribution < 1.29 is 28.1 Å². The van der Waals surface area contributed by atoms with E-state index < -0.39 is 39.6 Å². The zero-order valence-corrected chi connectivity index (χ0v) is 10.8. The molecule has 0 amide bonds. The molecule has 2 aliphatic heterocycles. The quantitative estimate of drug-likeness (QED) is 0.428. The maximum atomic E-state index is 11.2. The fourth-order valence-corrected chi connectivity index (χ4v) is 3.85. The molecule has 7 heteroatoms. The maximum Gasteiger partial charge on any atom is 0.302 e. The minimum Gasteiger partial charge on any atom is -0.772 e. The molecule has 5 unspecified atom stereocenters. The van der Waals surface area contributed by atoms with Crippen molar-refractivity contribution >= 4 is 17.0 Å². The number of carbonyl (C=O) groups is 1. The standard InChI is InChI=1S/C11H16O6S/c1-3-11-8(13)4-10(17-11,6-16-7(2)12)5-9(11)18(14)15/h3,8-9,13H,1,4-6H2,2H3,(H,14,15)/p-1. The molecule has 2 fully saturated rings. The molecule has 0 aliphatic carbocycles. The summed E-state index contributed by atoms with van der Waals surface area (Å²) >= 11 is -2.39. The summed E-state index contributed by atoms with van der Waals surface area (Å²) in [6, 6.07) is 0. The zero-order valence-electron chi connectivity index (χ0n) is 9.96. The first-order chi connectivity index (χ1) is 8.35. The van der Waals surface area contributed by atoms with Gasteiger partial charge in [0.05, 0.1) is 11.4 Å². The van der Waals surface area contributed by atoms with Crippen LogP contribution >= 0.6 is 0 Å². The number of ether oxygens (including phenoxy) is 2. The molecule has 5 atom stereocenters. The molecule has 0 spiro atoms. The SMILES string of the molecule is C=CC12OC(COC(C)=O)(CC1O)CC2S(=O)[O-]. The van der Waals surface area contributed by atoms with Crippen molar-refractivity contribution in [3.05, 3.63) is 12.7 Å². The molecule has 0 aromatic heterocycles. The number of esters is 1. The second-order valence-electron chi connectivity index (χ2n) is 4.80. The average molecular weight is 275 g/mol. The molecule has 1 N–H and O–H groups in total. The Hall–Kier alpha value is -0.760. The highest BCUT2D eigenvalue weighted by Crippen LogP contribution is 2.53. The van der Waals surface area contributed by atoms with Gasteiger partial charge in [0.1, 0.15) is 17.8 Å². The Labute approximate surface area is 107 Å². The van der Waals surface area contributed by atoms with E-state index in [-0.39, 0.29) is 19.4 Å². The lowest BCUT2D eigenvalue weighted by molar-refractivity contribution is -0.150. The molecular formula is C11H15O6S-. The summed E-state index contributed by atoms with van der Waals surface area (Å²) in [6.45, 7) is 4.77. The van der Waals surface area contributed by atoms with Crippen molar-refractivity contribution in [3.63, 3.8) is 0 Å². The van der Waals surface area contributed by atoms with Gasteiger partial charge in [-0.05, 0) is 17.5 Å². The molecule has 6 nitrogen and oxygen atoms in total. The van der Waals surface area contributed by atoms with Crippen LogP contribution in [0.15, 0.2) is 12.7 Å². The Morgan fingerprint density at radius 2 is 2.39 bits per heavy atom. The summed E-state index contributed by atoms with van der Waals surface area (Å²) < 4.78 is 33.1. The first-order valence-electron chi connectivity index (χ1n) is 5.58. The van der Waals surface area contributed by atoms with Crippen molar-refractivity contribution in [1.29, 1.82) is 0 Å². The monoisotopic (exact) mass is 275 g/mol. The summed E-state index contributed by atoms with van der Waals surface area (Å²) in [6.07, 6.45) is 0.808. The highest BCUT2D eigenvalue weighted by Gasteiger charge is 2.66. The van der Waals surface area contributed by atoms with Crippen LogP contribution in [-0.4, -0.2) is 49.0 Å². The van der Waals surface area contributed by atoms with Crippen LogP contribution in [0.4, 0.5) is 0 Å². The van der Waals surface area contributed by atoms with Crippen LogP contribution in [0.3, 0.4) is 0 Å². The molecule has 2 saturated heterocycles. The third kappa shape index (κ3) is 1.91. The highest BCUT2D eigenvalue weighted by atomic mass is 32.2. The minimum atomic E-state index is -2.39. The summed E-state index contributed by atoms with van der Waals surface area (Å²) in [5, 5.41) is 9.14. The van der Waals surface area contributed by atoms with Crippen LogP contribution in [0.5, 0.6) is 0 Å². The van der Waals surface area contributed by atoms with Crippen LogP contribution in [0.1, 0.15) is 19.8 Å². The number of hydrogen-bond acceptors (Lipinski definition) is 6. The van der Waals surface area contributed by atoms with Crippen LogP contribution in [0.25, 0.3) is 0 Å². The Morgan fingerprint density at radius 1 is 1.72 bits per heavy atom. The Kier molecular flexibility index (Phi) is 3.35. The van der Waals surface area contributed by atoms with E-state index in [1.54, 1.807) is 0 Å². The predicted molar refractivity (Wildman–Crippen MR) is 61.3 cm³/mol. The van der Waals surface area contributed by atoms with Crippen LogP contribution < -0.4 is 0 Å². The van der Waals surface area contributed by atoms with Gasteiger partial charge in [-0.2, -0.15) is 0 Å². The van der Waals surface area contributed by atoms with E-state index >= 15 is 0 Å². The molecule has 2 bridgehead atoms. The van der Waals surface area contributed by atoms with Crippen molar-refractivity contribution in [2.75, 3.05) is 6.61 Å².